The molecule has 76 valence electrons. The molecule has 1 aromatic carbocycles. The second kappa shape index (κ2) is 4.53. The van der Waals surface area contributed by atoms with Crippen LogP contribution in [0, 0.1) is 0 Å². The summed E-state index contributed by atoms with van der Waals surface area (Å²) in [5.74, 6) is 0. The highest BCUT2D eigenvalue weighted by Crippen LogP contribution is 2.18. The van der Waals surface area contributed by atoms with E-state index in [1.807, 2.05) is 30.3 Å². The lowest BCUT2D eigenvalue weighted by Crippen LogP contribution is -2.21. The molecule has 0 bridgehead atoms. The Bertz CT molecular complexity index is 272. The van der Waals surface area contributed by atoms with E-state index >= 15 is 0 Å². The van der Waals surface area contributed by atoms with Crippen LogP contribution in [0.25, 0.3) is 0 Å². The highest BCUT2D eigenvalue weighted by molar-refractivity contribution is 5.13. The number of halogens is 1. The maximum absolute atomic E-state index is 12.4. The Morgan fingerprint density at radius 3 is 2.71 bits per heavy atom. The summed E-state index contributed by atoms with van der Waals surface area (Å²) in [5, 5.41) is 0. The van der Waals surface area contributed by atoms with Crippen molar-refractivity contribution < 1.29 is 13.9 Å². The zero-order valence-electron chi connectivity index (χ0n) is 7.86. The van der Waals surface area contributed by atoms with Crippen LogP contribution in [-0.4, -0.2) is 25.5 Å². The summed E-state index contributed by atoms with van der Waals surface area (Å²) >= 11 is 0. The van der Waals surface area contributed by atoms with Gasteiger partial charge in [-0.05, 0) is 5.56 Å². The summed E-state index contributed by atoms with van der Waals surface area (Å²) in [6, 6.07) is 9.75. The maximum Gasteiger partial charge on any atom is 0.118 e. The summed E-state index contributed by atoms with van der Waals surface area (Å²) in [4.78, 5) is 0. The number of epoxide rings is 1. The molecule has 0 N–H and O–H groups in total. The van der Waals surface area contributed by atoms with Crippen LogP contribution < -0.4 is 0 Å². The molecule has 0 amide bonds. The SMILES string of the molecule is FC[C@H](OCc1ccccc1)[C@H]1CO1. The molecule has 1 aromatic rings. The highest BCUT2D eigenvalue weighted by Gasteiger charge is 2.33. The first-order valence-corrected chi connectivity index (χ1v) is 4.73. The van der Waals surface area contributed by atoms with E-state index in [4.69, 9.17) is 9.47 Å². The molecule has 1 aliphatic rings. The molecule has 1 heterocycles. The van der Waals surface area contributed by atoms with Crippen LogP contribution in [0.4, 0.5) is 4.39 Å². The number of ether oxygens (including phenoxy) is 2. The largest absolute Gasteiger partial charge is 0.370 e. The van der Waals surface area contributed by atoms with Gasteiger partial charge in [-0.15, -0.1) is 0 Å². The van der Waals surface area contributed by atoms with Gasteiger partial charge in [0.1, 0.15) is 18.9 Å². The first kappa shape index (κ1) is 9.62. The minimum atomic E-state index is -0.475. The van der Waals surface area contributed by atoms with Gasteiger partial charge in [0, 0.05) is 0 Å². The van der Waals surface area contributed by atoms with Gasteiger partial charge in [-0.2, -0.15) is 0 Å². The minimum absolute atomic E-state index is 0.0243. The average molecular weight is 196 g/mol. The van der Waals surface area contributed by atoms with Crippen molar-refractivity contribution in [3.63, 3.8) is 0 Å². The van der Waals surface area contributed by atoms with Crippen LogP contribution in [0.15, 0.2) is 30.3 Å². The van der Waals surface area contributed by atoms with Gasteiger partial charge in [0.15, 0.2) is 0 Å². The Balaban J connectivity index is 1.81. The molecular formula is C11H13FO2. The molecule has 0 aliphatic carbocycles. The fraction of sp³-hybridized carbons (Fsp3) is 0.455. The number of alkyl halides is 1. The zero-order valence-corrected chi connectivity index (χ0v) is 7.86. The first-order valence-electron chi connectivity index (χ1n) is 4.73. The van der Waals surface area contributed by atoms with Crippen LogP contribution in [-0.2, 0) is 16.1 Å². The van der Waals surface area contributed by atoms with Crippen LogP contribution >= 0.6 is 0 Å². The standard InChI is InChI=1S/C11H13FO2/c12-6-10(11-8-14-11)13-7-9-4-2-1-3-5-9/h1-5,10-11H,6-8H2/t10-,11+/m0/s1. The van der Waals surface area contributed by atoms with E-state index in [0.29, 0.717) is 13.2 Å². The van der Waals surface area contributed by atoms with E-state index in [-0.39, 0.29) is 6.10 Å². The summed E-state index contributed by atoms with van der Waals surface area (Å²) < 4.78 is 22.8. The maximum atomic E-state index is 12.4. The van der Waals surface area contributed by atoms with Gasteiger partial charge in [0.25, 0.3) is 0 Å². The average Bonchev–Trinajstić information content (AvgIpc) is 3.05. The lowest BCUT2D eigenvalue weighted by Gasteiger charge is -2.11. The number of hydrogen-bond donors (Lipinski definition) is 0. The number of benzene rings is 1. The van der Waals surface area contributed by atoms with Crippen molar-refractivity contribution in [3.05, 3.63) is 35.9 Å². The second-order valence-corrected chi connectivity index (χ2v) is 3.36. The Kier molecular flexibility index (Phi) is 3.11. The fourth-order valence-corrected chi connectivity index (χ4v) is 1.30. The van der Waals surface area contributed by atoms with Gasteiger partial charge >= 0.3 is 0 Å². The number of rotatable bonds is 5. The van der Waals surface area contributed by atoms with Crippen LogP contribution in [0.5, 0.6) is 0 Å². The van der Waals surface area contributed by atoms with Crippen molar-refractivity contribution in [1.82, 2.24) is 0 Å². The molecule has 0 saturated carbocycles. The molecule has 1 aliphatic heterocycles. The lowest BCUT2D eigenvalue weighted by atomic mass is 10.2. The lowest BCUT2D eigenvalue weighted by molar-refractivity contribution is 0.00663. The third kappa shape index (κ3) is 2.53. The van der Waals surface area contributed by atoms with Gasteiger partial charge in [-0.3, -0.25) is 0 Å². The first-order chi connectivity index (χ1) is 6.90. The van der Waals surface area contributed by atoms with Crippen molar-refractivity contribution >= 4 is 0 Å². The third-order valence-corrected chi connectivity index (χ3v) is 2.23. The highest BCUT2D eigenvalue weighted by atomic mass is 19.1. The Morgan fingerprint density at radius 1 is 1.43 bits per heavy atom. The Hall–Kier alpha value is -0.930. The van der Waals surface area contributed by atoms with Crippen molar-refractivity contribution in [1.29, 1.82) is 0 Å². The van der Waals surface area contributed by atoms with E-state index in [2.05, 4.69) is 0 Å². The smallest absolute Gasteiger partial charge is 0.118 e. The molecule has 1 fully saturated rings. The number of hydrogen-bond acceptors (Lipinski definition) is 2. The molecule has 0 radical (unpaired) electrons. The van der Waals surface area contributed by atoms with Gasteiger partial charge in [0.05, 0.1) is 13.2 Å². The molecule has 14 heavy (non-hydrogen) atoms. The van der Waals surface area contributed by atoms with Crippen LogP contribution in [0.1, 0.15) is 5.56 Å². The molecule has 2 nitrogen and oxygen atoms in total. The summed E-state index contributed by atoms with van der Waals surface area (Å²) in [6.07, 6.45) is -0.418. The molecular weight excluding hydrogens is 183 g/mol. The predicted molar refractivity (Wildman–Crippen MR) is 50.7 cm³/mol. The summed E-state index contributed by atoms with van der Waals surface area (Å²) in [5.41, 5.74) is 1.06. The fourth-order valence-electron chi connectivity index (χ4n) is 1.30. The summed E-state index contributed by atoms with van der Waals surface area (Å²) in [6.45, 7) is 0.607. The predicted octanol–water partition coefficient (Wildman–Crippen LogP) is 1.94. The second-order valence-electron chi connectivity index (χ2n) is 3.36. The minimum Gasteiger partial charge on any atom is -0.370 e. The van der Waals surface area contributed by atoms with E-state index in [1.165, 1.54) is 0 Å². The van der Waals surface area contributed by atoms with E-state index in [9.17, 15) is 4.39 Å². The van der Waals surface area contributed by atoms with Gasteiger partial charge in [-0.25, -0.2) is 4.39 Å². The molecule has 1 saturated heterocycles. The van der Waals surface area contributed by atoms with E-state index < -0.39 is 12.8 Å². The summed E-state index contributed by atoms with van der Waals surface area (Å²) in [7, 11) is 0. The Labute approximate surface area is 82.6 Å². The molecule has 2 atom stereocenters. The van der Waals surface area contributed by atoms with Crippen LogP contribution in [0.2, 0.25) is 0 Å². The molecule has 0 unspecified atom stereocenters. The van der Waals surface area contributed by atoms with Crippen LogP contribution in [0.3, 0.4) is 0 Å². The molecule has 2 rings (SSSR count). The molecule has 0 aromatic heterocycles. The third-order valence-electron chi connectivity index (χ3n) is 2.23. The monoisotopic (exact) mass is 196 g/mol. The van der Waals surface area contributed by atoms with Gasteiger partial charge in [-0.1, -0.05) is 30.3 Å². The quantitative estimate of drug-likeness (QED) is 0.671. The van der Waals surface area contributed by atoms with E-state index in [0.717, 1.165) is 5.56 Å². The van der Waals surface area contributed by atoms with Crippen molar-refractivity contribution in [2.45, 2.75) is 18.8 Å². The van der Waals surface area contributed by atoms with Crippen molar-refractivity contribution in [2.75, 3.05) is 13.3 Å². The van der Waals surface area contributed by atoms with Gasteiger partial charge < -0.3 is 9.47 Å². The van der Waals surface area contributed by atoms with Crippen molar-refractivity contribution in [2.24, 2.45) is 0 Å². The van der Waals surface area contributed by atoms with Crippen molar-refractivity contribution in [3.8, 4) is 0 Å². The Morgan fingerprint density at radius 2 is 2.14 bits per heavy atom. The molecule has 0 spiro atoms. The zero-order chi connectivity index (χ0) is 9.80. The topological polar surface area (TPSA) is 21.8 Å². The normalized spacial score (nSPS) is 21.9. The van der Waals surface area contributed by atoms with Gasteiger partial charge in [0.2, 0.25) is 0 Å². The molecule has 3 heteroatoms. The van der Waals surface area contributed by atoms with E-state index in [1.54, 1.807) is 0 Å².